The molecule has 1 rings (SSSR count). The van der Waals surface area contributed by atoms with E-state index in [0.29, 0.717) is 0 Å². The van der Waals surface area contributed by atoms with E-state index in [-0.39, 0.29) is 23.3 Å². The average molecular weight is 189 g/mol. The van der Waals surface area contributed by atoms with Crippen molar-refractivity contribution in [3.63, 3.8) is 0 Å². The number of ketones is 1. The van der Waals surface area contributed by atoms with E-state index in [4.69, 9.17) is 10.4 Å². The molecule has 0 atom stereocenters. The van der Waals surface area contributed by atoms with E-state index < -0.39 is 5.97 Å². The van der Waals surface area contributed by atoms with Crippen LogP contribution in [0, 0.1) is 11.3 Å². The molecule has 4 heteroatoms. The van der Waals surface area contributed by atoms with Gasteiger partial charge in [0.25, 0.3) is 0 Å². The summed E-state index contributed by atoms with van der Waals surface area (Å²) in [4.78, 5) is 21.8. The Morgan fingerprint density at radius 2 is 2.00 bits per heavy atom. The Hall–Kier alpha value is -2.15. The number of nitriles is 1. The van der Waals surface area contributed by atoms with E-state index in [0.717, 1.165) is 0 Å². The zero-order valence-corrected chi connectivity index (χ0v) is 7.23. The first kappa shape index (κ1) is 9.93. The van der Waals surface area contributed by atoms with Crippen LogP contribution in [-0.4, -0.2) is 16.9 Å². The van der Waals surface area contributed by atoms with Gasteiger partial charge in [0, 0.05) is 5.56 Å². The lowest BCUT2D eigenvalue weighted by molar-refractivity contribution is 0.0697. The lowest BCUT2D eigenvalue weighted by atomic mass is 10.1. The van der Waals surface area contributed by atoms with E-state index >= 15 is 0 Å². The lowest BCUT2D eigenvalue weighted by Crippen LogP contribution is -2.01. The zero-order valence-electron chi connectivity index (χ0n) is 7.23. The van der Waals surface area contributed by atoms with Crippen LogP contribution >= 0.6 is 0 Å². The van der Waals surface area contributed by atoms with Gasteiger partial charge in [-0.2, -0.15) is 5.26 Å². The first-order chi connectivity index (χ1) is 6.65. The number of Topliss-reactive ketones (excluding diaryl/α,β-unsaturated/α-hetero) is 1. The third kappa shape index (κ3) is 2.17. The Morgan fingerprint density at radius 1 is 1.36 bits per heavy atom. The molecule has 0 amide bonds. The van der Waals surface area contributed by atoms with Crippen LogP contribution in [0.5, 0.6) is 0 Å². The molecule has 0 bridgehead atoms. The van der Waals surface area contributed by atoms with Crippen LogP contribution in [-0.2, 0) is 0 Å². The minimum Gasteiger partial charge on any atom is -0.478 e. The minimum atomic E-state index is -1.09. The smallest absolute Gasteiger partial charge is 0.335 e. The molecule has 0 saturated carbocycles. The highest BCUT2D eigenvalue weighted by atomic mass is 16.4. The highest BCUT2D eigenvalue weighted by Crippen LogP contribution is 2.07. The maximum Gasteiger partial charge on any atom is 0.335 e. The number of carbonyl (C=O) groups is 2. The summed E-state index contributed by atoms with van der Waals surface area (Å²) in [5.74, 6) is -1.45. The molecule has 1 aromatic rings. The van der Waals surface area contributed by atoms with E-state index in [1.165, 1.54) is 24.3 Å². The van der Waals surface area contributed by atoms with Gasteiger partial charge in [0.05, 0.1) is 18.1 Å². The fourth-order valence-corrected chi connectivity index (χ4v) is 1.000. The second-order valence-electron chi connectivity index (χ2n) is 2.64. The maximum atomic E-state index is 11.2. The molecule has 0 radical (unpaired) electrons. The normalized spacial score (nSPS) is 9.07. The Bertz CT molecular complexity index is 418. The van der Waals surface area contributed by atoms with E-state index in [1.807, 2.05) is 0 Å². The molecule has 0 spiro atoms. The first-order valence-electron chi connectivity index (χ1n) is 3.88. The Morgan fingerprint density at radius 3 is 2.57 bits per heavy atom. The molecule has 1 N–H and O–H groups in total. The molecule has 0 unspecified atom stereocenters. The van der Waals surface area contributed by atoms with Gasteiger partial charge in [-0.25, -0.2) is 4.79 Å². The van der Waals surface area contributed by atoms with Crippen molar-refractivity contribution in [2.24, 2.45) is 0 Å². The van der Waals surface area contributed by atoms with Crippen LogP contribution in [0.1, 0.15) is 27.1 Å². The van der Waals surface area contributed by atoms with Crippen LogP contribution in [0.15, 0.2) is 24.3 Å². The molecule has 0 aliphatic carbocycles. The lowest BCUT2D eigenvalue weighted by Gasteiger charge is -1.98. The van der Waals surface area contributed by atoms with Crippen molar-refractivity contribution >= 4 is 11.8 Å². The summed E-state index contributed by atoms with van der Waals surface area (Å²) in [5.41, 5.74) is 0.306. The molecular formula is C10H7NO3. The number of carboxylic acids is 1. The number of carboxylic acid groups (broad SMARTS) is 1. The van der Waals surface area contributed by atoms with Crippen LogP contribution in [0.25, 0.3) is 0 Å². The number of rotatable bonds is 3. The van der Waals surface area contributed by atoms with E-state index in [2.05, 4.69) is 0 Å². The SMILES string of the molecule is N#CCC(=O)c1cccc(C(=O)O)c1. The molecule has 4 nitrogen and oxygen atoms in total. The predicted molar refractivity (Wildman–Crippen MR) is 48.0 cm³/mol. The monoisotopic (exact) mass is 189 g/mol. The quantitative estimate of drug-likeness (QED) is 0.730. The molecule has 0 fully saturated rings. The number of benzene rings is 1. The Balaban J connectivity index is 3.01. The largest absolute Gasteiger partial charge is 0.478 e. The predicted octanol–water partition coefficient (Wildman–Crippen LogP) is 1.48. The average Bonchev–Trinajstić information content (AvgIpc) is 2.18. The van der Waals surface area contributed by atoms with Gasteiger partial charge in [-0.3, -0.25) is 4.79 Å². The van der Waals surface area contributed by atoms with Crippen LogP contribution in [0.4, 0.5) is 0 Å². The van der Waals surface area contributed by atoms with Crippen LogP contribution in [0.3, 0.4) is 0 Å². The van der Waals surface area contributed by atoms with Gasteiger partial charge in [-0.15, -0.1) is 0 Å². The molecule has 14 heavy (non-hydrogen) atoms. The standard InChI is InChI=1S/C10H7NO3/c11-5-4-9(12)7-2-1-3-8(6-7)10(13)14/h1-3,6H,4H2,(H,13,14). The van der Waals surface area contributed by atoms with E-state index in [1.54, 1.807) is 6.07 Å². The topological polar surface area (TPSA) is 78.2 Å². The molecular weight excluding hydrogens is 182 g/mol. The van der Waals surface area contributed by atoms with Crippen molar-refractivity contribution in [3.8, 4) is 6.07 Å². The Labute approximate surface area is 80.4 Å². The molecule has 1 aromatic carbocycles. The maximum absolute atomic E-state index is 11.2. The first-order valence-corrected chi connectivity index (χ1v) is 3.88. The zero-order chi connectivity index (χ0) is 10.6. The van der Waals surface area contributed by atoms with Crippen molar-refractivity contribution in [1.82, 2.24) is 0 Å². The number of hydrogen-bond donors (Lipinski definition) is 1. The summed E-state index contributed by atoms with van der Waals surface area (Å²) in [7, 11) is 0. The summed E-state index contributed by atoms with van der Waals surface area (Å²) in [5, 5.41) is 16.9. The molecule has 0 aliphatic heterocycles. The second kappa shape index (κ2) is 4.19. The molecule has 0 aromatic heterocycles. The van der Waals surface area contributed by atoms with Crippen molar-refractivity contribution in [3.05, 3.63) is 35.4 Å². The molecule has 0 heterocycles. The van der Waals surface area contributed by atoms with Crippen molar-refractivity contribution in [1.29, 1.82) is 5.26 Å². The number of carbonyl (C=O) groups excluding carboxylic acids is 1. The molecule has 0 saturated heterocycles. The van der Waals surface area contributed by atoms with Crippen LogP contribution < -0.4 is 0 Å². The summed E-state index contributed by atoms with van der Waals surface area (Å²) >= 11 is 0. The van der Waals surface area contributed by atoms with Gasteiger partial charge in [0.1, 0.15) is 0 Å². The van der Waals surface area contributed by atoms with Gasteiger partial charge in [0.15, 0.2) is 5.78 Å². The summed E-state index contributed by atoms with van der Waals surface area (Å²) in [6, 6.07) is 7.35. The van der Waals surface area contributed by atoms with Gasteiger partial charge >= 0.3 is 5.97 Å². The summed E-state index contributed by atoms with van der Waals surface area (Å²) in [6.45, 7) is 0. The highest BCUT2D eigenvalue weighted by molar-refractivity contribution is 5.99. The van der Waals surface area contributed by atoms with Crippen molar-refractivity contribution < 1.29 is 14.7 Å². The van der Waals surface area contributed by atoms with Crippen LogP contribution in [0.2, 0.25) is 0 Å². The molecule has 0 aliphatic rings. The number of nitrogens with zero attached hydrogens (tertiary/aromatic N) is 1. The van der Waals surface area contributed by atoms with E-state index in [9.17, 15) is 9.59 Å². The summed E-state index contributed by atoms with van der Waals surface area (Å²) in [6.07, 6.45) is -0.233. The van der Waals surface area contributed by atoms with Gasteiger partial charge < -0.3 is 5.11 Å². The highest BCUT2D eigenvalue weighted by Gasteiger charge is 2.08. The van der Waals surface area contributed by atoms with Crippen molar-refractivity contribution in [2.45, 2.75) is 6.42 Å². The fraction of sp³-hybridized carbons (Fsp3) is 0.100. The minimum absolute atomic E-state index is 0.0498. The van der Waals surface area contributed by atoms with Gasteiger partial charge in [-0.05, 0) is 12.1 Å². The molecule has 70 valence electrons. The van der Waals surface area contributed by atoms with Gasteiger partial charge in [0.2, 0.25) is 0 Å². The second-order valence-corrected chi connectivity index (χ2v) is 2.64. The Kier molecular flexibility index (Phi) is 2.97. The van der Waals surface area contributed by atoms with Crippen molar-refractivity contribution in [2.75, 3.05) is 0 Å². The van der Waals surface area contributed by atoms with Gasteiger partial charge in [-0.1, -0.05) is 12.1 Å². The summed E-state index contributed by atoms with van der Waals surface area (Å²) < 4.78 is 0. The fourth-order valence-electron chi connectivity index (χ4n) is 1.000. The third-order valence-corrected chi connectivity index (χ3v) is 1.67. The number of aromatic carboxylic acids is 1. The number of hydrogen-bond acceptors (Lipinski definition) is 3. The third-order valence-electron chi connectivity index (χ3n) is 1.67.